The molecule has 0 fully saturated rings. The smallest absolute Gasteiger partial charge is 0.116 e. The number of aryl methyl sites for hydroxylation is 1. The van der Waals surface area contributed by atoms with E-state index in [-0.39, 0.29) is 20.1 Å². The Labute approximate surface area is 306 Å². The van der Waals surface area contributed by atoms with Gasteiger partial charge in [0.05, 0.1) is 7.05 Å². The molecule has 0 spiro atoms. The van der Waals surface area contributed by atoms with Gasteiger partial charge in [0.25, 0.3) is 0 Å². The zero-order chi connectivity index (χ0) is 33.5. The summed E-state index contributed by atoms with van der Waals surface area (Å²) < 4.78 is 5.22. The fraction of sp³-hybridized carbons (Fsp3) is 0.0732. The summed E-state index contributed by atoms with van der Waals surface area (Å²) in [5.41, 5.74) is 7.74. The van der Waals surface area contributed by atoms with E-state index in [2.05, 4.69) is 74.3 Å². The number of nitrogens with zero attached hydrogens (tertiary/aromatic N) is 8. The Hall–Kier alpha value is -5.89. The molecule has 4 heterocycles. The average Bonchev–Trinajstić information content (AvgIpc) is 3.80. The second kappa shape index (κ2) is 18.6. The molecule has 0 saturated heterocycles. The van der Waals surface area contributed by atoms with Crippen LogP contribution in [0.15, 0.2) is 158 Å². The van der Waals surface area contributed by atoms with Crippen LogP contribution in [0.5, 0.6) is 0 Å². The molecule has 0 unspecified atom stereocenters. The first kappa shape index (κ1) is 35.4. The van der Waals surface area contributed by atoms with Crippen LogP contribution < -0.4 is 4.68 Å². The van der Waals surface area contributed by atoms with Crippen molar-refractivity contribution in [3.8, 4) is 33.9 Å². The van der Waals surface area contributed by atoms with Crippen LogP contribution in [0.1, 0.15) is 11.1 Å². The van der Waals surface area contributed by atoms with E-state index < -0.39 is 0 Å². The Bertz CT molecular complexity index is 1960. The standard InChI is InChI=1S/C19H17N6.2C11H8N.Ir/c1-23-19(15-25(22-23)13-17-10-6-3-7-11-17)18-14-24(21-20-18)12-16-8-4-2-5-9-16;2*1-2-6-10(7-3-1)11-8-4-5-9-12-11;/h2-11H,12-13H2,1H3;2*1-6,8-9H;/q3*-1;. The summed E-state index contributed by atoms with van der Waals surface area (Å²) >= 11 is 0. The summed E-state index contributed by atoms with van der Waals surface area (Å²) in [6.45, 7) is 1.29. The van der Waals surface area contributed by atoms with E-state index >= 15 is 0 Å². The number of rotatable bonds is 7. The van der Waals surface area contributed by atoms with Gasteiger partial charge in [-0.2, -0.15) is 5.69 Å². The van der Waals surface area contributed by atoms with Crippen LogP contribution in [0, 0.1) is 24.5 Å². The van der Waals surface area contributed by atoms with Crippen molar-refractivity contribution in [3.63, 3.8) is 0 Å². The zero-order valence-corrected chi connectivity index (χ0v) is 29.7. The molecule has 0 aliphatic carbocycles. The number of hydrogen-bond donors (Lipinski definition) is 0. The van der Waals surface area contributed by atoms with E-state index in [1.165, 1.54) is 5.56 Å². The third kappa shape index (κ3) is 10.3. The monoisotopic (exact) mass is 830 g/mol. The predicted molar refractivity (Wildman–Crippen MR) is 188 cm³/mol. The Morgan fingerprint density at radius 2 is 1.16 bits per heavy atom. The molecule has 0 N–H and O–H groups in total. The molecule has 1 radical (unpaired) electrons. The molecule has 0 atom stereocenters. The molecule has 8 nitrogen and oxygen atoms in total. The number of pyridine rings is 2. The maximum absolute atomic E-state index is 4.46. The Balaban J connectivity index is 0.000000162. The van der Waals surface area contributed by atoms with Crippen LogP contribution in [-0.4, -0.2) is 34.9 Å². The van der Waals surface area contributed by atoms with E-state index in [9.17, 15) is 0 Å². The molecule has 0 aliphatic heterocycles. The van der Waals surface area contributed by atoms with E-state index in [0.717, 1.165) is 33.8 Å². The minimum atomic E-state index is 0. The molecule has 9 heteroatoms. The van der Waals surface area contributed by atoms with Crippen molar-refractivity contribution in [1.29, 1.82) is 0 Å². The molecule has 50 heavy (non-hydrogen) atoms. The third-order valence-electron chi connectivity index (χ3n) is 7.16. The van der Waals surface area contributed by atoms with Gasteiger partial charge >= 0.3 is 0 Å². The predicted octanol–water partition coefficient (Wildman–Crippen LogP) is 6.76. The number of benzene rings is 4. The SMILES string of the molecule is Cn1n[n+](Cc2ccccc2)[c-]c1-c1[c-]n(Cc2ccccc2)nn1.[Ir].[c-]1ccccc1-c1ccccn1.[c-]1ccccc1-c1ccccn1. The van der Waals surface area contributed by atoms with Gasteiger partial charge in [0, 0.05) is 44.3 Å². The van der Waals surface area contributed by atoms with Gasteiger partial charge in [0.1, 0.15) is 6.54 Å². The molecule has 0 bridgehead atoms. The van der Waals surface area contributed by atoms with Gasteiger partial charge in [0.2, 0.25) is 0 Å². The van der Waals surface area contributed by atoms with Crippen molar-refractivity contribution < 1.29 is 24.8 Å². The molecular formula is C41H33IrN8-3. The molecule has 249 valence electrons. The molecule has 8 aromatic rings. The van der Waals surface area contributed by atoms with Gasteiger partial charge in [-0.25, -0.2) is 15.6 Å². The van der Waals surface area contributed by atoms with Crippen molar-refractivity contribution in [2.75, 3.05) is 0 Å². The topological polar surface area (TPSA) is 78.2 Å². The zero-order valence-electron chi connectivity index (χ0n) is 27.3. The first-order chi connectivity index (χ1) is 24.2. The fourth-order valence-corrected chi connectivity index (χ4v) is 4.80. The normalized spacial score (nSPS) is 10.1. The van der Waals surface area contributed by atoms with Crippen LogP contribution in [0.25, 0.3) is 33.9 Å². The van der Waals surface area contributed by atoms with Crippen molar-refractivity contribution in [2.24, 2.45) is 7.05 Å². The fourth-order valence-electron chi connectivity index (χ4n) is 4.80. The first-order valence-corrected chi connectivity index (χ1v) is 15.7. The number of hydrogen-bond acceptors (Lipinski definition) is 5. The first-order valence-electron chi connectivity index (χ1n) is 15.7. The Morgan fingerprint density at radius 1 is 0.620 bits per heavy atom. The van der Waals surface area contributed by atoms with E-state index in [1.807, 2.05) is 128 Å². The number of aromatic nitrogens is 8. The van der Waals surface area contributed by atoms with Gasteiger partial charge in [-0.3, -0.25) is 5.10 Å². The Morgan fingerprint density at radius 3 is 1.68 bits per heavy atom. The van der Waals surface area contributed by atoms with Crippen LogP contribution in [0.2, 0.25) is 0 Å². The maximum atomic E-state index is 4.46. The summed E-state index contributed by atoms with van der Waals surface area (Å²) in [7, 11) is 1.87. The van der Waals surface area contributed by atoms with E-state index in [0.29, 0.717) is 18.8 Å². The van der Waals surface area contributed by atoms with Crippen LogP contribution in [-0.2, 0) is 40.2 Å². The van der Waals surface area contributed by atoms with E-state index in [1.54, 1.807) is 26.4 Å². The van der Waals surface area contributed by atoms with Gasteiger partial charge in [-0.05, 0) is 34.6 Å². The summed E-state index contributed by atoms with van der Waals surface area (Å²) in [4.78, 5) is 8.44. The second-order valence-electron chi connectivity index (χ2n) is 10.8. The van der Waals surface area contributed by atoms with Crippen LogP contribution in [0.4, 0.5) is 0 Å². The van der Waals surface area contributed by atoms with E-state index in [4.69, 9.17) is 0 Å². The minimum absolute atomic E-state index is 0. The quantitative estimate of drug-likeness (QED) is 0.131. The molecule has 4 aromatic carbocycles. The Kier molecular flexibility index (Phi) is 13.2. The van der Waals surface area contributed by atoms with Crippen molar-refractivity contribution >= 4 is 0 Å². The van der Waals surface area contributed by atoms with Crippen LogP contribution >= 0.6 is 0 Å². The second-order valence-corrected chi connectivity index (χ2v) is 10.8. The summed E-state index contributed by atoms with van der Waals surface area (Å²) in [6.07, 6.45) is 10.0. The summed E-state index contributed by atoms with van der Waals surface area (Å²) in [6, 6.07) is 53.9. The van der Waals surface area contributed by atoms with Crippen LogP contribution in [0.3, 0.4) is 0 Å². The van der Waals surface area contributed by atoms with Gasteiger partial charge in [-0.1, -0.05) is 96.8 Å². The average molecular weight is 830 g/mol. The van der Waals surface area contributed by atoms with Gasteiger partial charge in [-0.15, -0.1) is 77.0 Å². The molecule has 8 rings (SSSR count). The molecule has 0 aliphatic rings. The van der Waals surface area contributed by atoms with Crippen molar-refractivity contribution in [1.82, 2.24) is 34.9 Å². The van der Waals surface area contributed by atoms with Gasteiger partial charge < -0.3 is 14.6 Å². The van der Waals surface area contributed by atoms with Crippen molar-refractivity contribution in [3.05, 3.63) is 194 Å². The van der Waals surface area contributed by atoms with Crippen molar-refractivity contribution in [2.45, 2.75) is 13.1 Å². The molecule has 0 saturated carbocycles. The summed E-state index contributed by atoms with van der Waals surface area (Å²) in [5, 5.41) is 12.8. The third-order valence-corrected chi connectivity index (χ3v) is 7.16. The van der Waals surface area contributed by atoms with Gasteiger partial charge in [0.15, 0.2) is 0 Å². The summed E-state index contributed by atoms with van der Waals surface area (Å²) in [5.74, 6) is 0. The molecule has 4 aromatic heterocycles. The largest absolute Gasteiger partial charge is 0.353 e. The molecule has 0 amide bonds. The maximum Gasteiger partial charge on any atom is 0.116 e. The molecular weight excluding hydrogens is 797 g/mol. The minimum Gasteiger partial charge on any atom is -0.353 e.